The summed E-state index contributed by atoms with van der Waals surface area (Å²) in [5.74, 6) is 0.299. The third-order valence-electron chi connectivity index (χ3n) is 6.77. The average molecular weight is 505 g/mol. The Morgan fingerprint density at radius 3 is 2.37 bits per heavy atom. The van der Waals surface area contributed by atoms with Gasteiger partial charge in [-0.3, -0.25) is 9.59 Å². The number of ether oxygens (including phenoxy) is 1. The molecule has 2 heterocycles. The molecule has 0 N–H and O–H groups in total. The van der Waals surface area contributed by atoms with Crippen LogP contribution < -0.4 is 10.3 Å². The number of rotatable bonds is 7. The predicted octanol–water partition coefficient (Wildman–Crippen LogP) is 5.50. The summed E-state index contributed by atoms with van der Waals surface area (Å²) < 4.78 is 7.82. The van der Waals surface area contributed by atoms with E-state index in [1.165, 1.54) is 0 Å². The van der Waals surface area contributed by atoms with Crippen molar-refractivity contribution in [1.82, 2.24) is 14.5 Å². The highest BCUT2D eigenvalue weighted by molar-refractivity contribution is 5.96. The van der Waals surface area contributed by atoms with Crippen molar-refractivity contribution in [3.8, 4) is 16.9 Å². The Morgan fingerprint density at radius 2 is 1.66 bits per heavy atom. The fraction of sp³-hybridized carbons (Fsp3) is 0.226. The third kappa shape index (κ3) is 4.94. The SMILES string of the molecule is [C-]#[N+]c1ccc(-c2ccccc2Cc2nc(=O)c(OCc3ccccc3)c3n2CCN(C(C)C)C3=O)cc1. The second-order valence-electron chi connectivity index (χ2n) is 9.52. The molecule has 0 bridgehead atoms. The number of benzene rings is 3. The van der Waals surface area contributed by atoms with E-state index in [1.807, 2.05) is 85.1 Å². The summed E-state index contributed by atoms with van der Waals surface area (Å²) in [6.45, 7) is 12.4. The van der Waals surface area contributed by atoms with Crippen molar-refractivity contribution in [3.63, 3.8) is 0 Å². The van der Waals surface area contributed by atoms with Crippen LogP contribution in [-0.4, -0.2) is 32.9 Å². The van der Waals surface area contributed by atoms with Crippen molar-refractivity contribution < 1.29 is 9.53 Å². The second kappa shape index (κ2) is 10.7. The average Bonchev–Trinajstić information content (AvgIpc) is 2.94. The molecule has 4 aromatic rings. The van der Waals surface area contributed by atoms with E-state index in [1.54, 1.807) is 17.0 Å². The van der Waals surface area contributed by atoms with Crippen LogP contribution >= 0.6 is 0 Å². The molecule has 190 valence electrons. The lowest BCUT2D eigenvalue weighted by Gasteiger charge is -2.34. The molecule has 7 nitrogen and oxygen atoms in total. The van der Waals surface area contributed by atoms with Crippen molar-refractivity contribution in [3.05, 3.63) is 123 Å². The van der Waals surface area contributed by atoms with Gasteiger partial charge in [0.2, 0.25) is 5.75 Å². The lowest BCUT2D eigenvalue weighted by molar-refractivity contribution is 0.0634. The van der Waals surface area contributed by atoms with E-state index in [0.717, 1.165) is 22.3 Å². The third-order valence-corrected chi connectivity index (χ3v) is 6.77. The highest BCUT2D eigenvalue weighted by Gasteiger charge is 2.33. The van der Waals surface area contributed by atoms with Crippen LogP contribution in [0.15, 0.2) is 83.7 Å². The van der Waals surface area contributed by atoms with Gasteiger partial charge in [-0.05, 0) is 36.1 Å². The number of hydrogen-bond donors (Lipinski definition) is 0. The Kier molecular flexibility index (Phi) is 7.05. The molecule has 38 heavy (non-hydrogen) atoms. The molecule has 0 spiro atoms. The molecule has 1 aliphatic heterocycles. The number of fused-ring (bicyclic) bond motifs is 1. The number of carbonyl (C=O) groups excluding carboxylic acids is 1. The van der Waals surface area contributed by atoms with Crippen LogP contribution in [0.2, 0.25) is 0 Å². The van der Waals surface area contributed by atoms with Gasteiger partial charge in [0.15, 0.2) is 11.4 Å². The fourth-order valence-corrected chi connectivity index (χ4v) is 4.81. The van der Waals surface area contributed by atoms with E-state index in [-0.39, 0.29) is 30.0 Å². The van der Waals surface area contributed by atoms with E-state index in [2.05, 4.69) is 9.83 Å². The monoisotopic (exact) mass is 504 g/mol. The topological polar surface area (TPSA) is 68.8 Å². The van der Waals surface area contributed by atoms with E-state index < -0.39 is 5.56 Å². The van der Waals surface area contributed by atoms with Gasteiger partial charge in [0, 0.05) is 25.6 Å². The molecule has 0 fully saturated rings. The Morgan fingerprint density at radius 1 is 0.947 bits per heavy atom. The van der Waals surface area contributed by atoms with Gasteiger partial charge in [-0.1, -0.05) is 78.9 Å². The van der Waals surface area contributed by atoms with Crippen molar-refractivity contribution >= 4 is 11.6 Å². The minimum absolute atomic E-state index is 0.00373. The zero-order valence-corrected chi connectivity index (χ0v) is 21.4. The van der Waals surface area contributed by atoms with E-state index in [4.69, 9.17) is 11.3 Å². The quantitative estimate of drug-likeness (QED) is 0.312. The first-order valence-electron chi connectivity index (χ1n) is 12.6. The molecule has 1 aliphatic rings. The summed E-state index contributed by atoms with van der Waals surface area (Å²) in [5, 5.41) is 0. The zero-order chi connectivity index (χ0) is 26.6. The molecule has 0 unspecified atom stereocenters. The van der Waals surface area contributed by atoms with Crippen LogP contribution in [0.5, 0.6) is 5.75 Å². The highest BCUT2D eigenvalue weighted by atomic mass is 16.5. The van der Waals surface area contributed by atoms with Gasteiger partial charge in [0.05, 0.1) is 6.57 Å². The Bertz CT molecular complexity index is 1570. The number of carbonyl (C=O) groups is 1. The van der Waals surface area contributed by atoms with Gasteiger partial charge in [-0.2, -0.15) is 4.98 Å². The molecule has 3 aromatic carbocycles. The van der Waals surface area contributed by atoms with Crippen LogP contribution in [-0.2, 0) is 19.6 Å². The maximum atomic E-state index is 13.6. The molecule has 5 rings (SSSR count). The van der Waals surface area contributed by atoms with E-state index >= 15 is 0 Å². The number of aromatic nitrogens is 2. The standard InChI is InChI=1S/C31H28N4O3/c1-21(2)34-17-18-35-27(19-24-11-7-8-12-26(24)23-13-15-25(32-3)16-14-23)33-30(36)29(28(35)31(34)37)38-20-22-9-5-4-6-10-22/h4-16,21H,17-20H2,1-2H3. The Labute approximate surface area is 221 Å². The van der Waals surface area contributed by atoms with Crippen LogP contribution in [0.25, 0.3) is 16.0 Å². The lowest BCUT2D eigenvalue weighted by atomic mass is 9.97. The van der Waals surface area contributed by atoms with Gasteiger partial charge in [-0.25, -0.2) is 4.85 Å². The smallest absolute Gasteiger partial charge is 0.316 e. The summed E-state index contributed by atoms with van der Waals surface area (Å²) >= 11 is 0. The molecule has 1 amide bonds. The lowest BCUT2D eigenvalue weighted by Crippen LogP contribution is -2.46. The molecule has 0 aliphatic carbocycles. The zero-order valence-electron chi connectivity index (χ0n) is 21.4. The van der Waals surface area contributed by atoms with Crippen molar-refractivity contribution in [2.45, 2.75) is 39.5 Å². The first-order chi connectivity index (χ1) is 18.5. The highest BCUT2D eigenvalue weighted by Crippen LogP contribution is 2.29. The van der Waals surface area contributed by atoms with Crippen LogP contribution in [0.1, 0.15) is 41.3 Å². The summed E-state index contributed by atoms with van der Waals surface area (Å²) in [4.78, 5) is 36.6. The molecule has 0 saturated carbocycles. The van der Waals surface area contributed by atoms with E-state index in [0.29, 0.717) is 31.0 Å². The van der Waals surface area contributed by atoms with E-state index in [9.17, 15) is 9.59 Å². The molecular weight excluding hydrogens is 476 g/mol. The summed E-state index contributed by atoms with van der Waals surface area (Å²) in [6, 6.07) is 24.9. The van der Waals surface area contributed by atoms with Crippen LogP contribution in [0.4, 0.5) is 5.69 Å². The Balaban J connectivity index is 1.56. The molecular formula is C31H28N4O3. The van der Waals surface area contributed by atoms with Crippen molar-refractivity contribution in [2.24, 2.45) is 0 Å². The van der Waals surface area contributed by atoms with Gasteiger partial charge >= 0.3 is 5.56 Å². The molecule has 0 radical (unpaired) electrons. The summed E-state index contributed by atoms with van der Waals surface area (Å²) in [6.07, 6.45) is 0.372. The largest absolute Gasteiger partial charge is 0.481 e. The minimum atomic E-state index is -0.542. The van der Waals surface area contributed by atoms with Gasteiger partial charge < -0.3 is 14.2 Å². The summed E-state index contributed by atoms with van der Waals surface area (Å²) in [7, 11) is 0. The number of hydrogen-bond acceptors (Lipinski definition) is 4. The maximum absolute atomic E-state index is 13.6. The first kappa shape index (κ1) is 25.0. The predicted molar refractivity (Wildman–Crippen MR) is 146 cm³/mol. The maximum Gasteiger partial charge on any atom is 0.316 e. The first-order valence-corrected chi connectivity index (χ1v) is 12.6. The van der Waals surface area contributed by atoms with Gasteiger partial charge in [0.25, 0.3) is 5.91 Å². The molecule has 0 atom stereocenters. The van der Waals surface area contributed by atoms with Gasteiger partial charge in [0.1, 0.15) is 12.4 Å². The van der Waals surface area contributed by atoms with Crippen molar-refractivity contribution in [2.75, 3.05) is 6.54 Å². The van der Waals surface area contributed by atoms with Crippen LogP contribution in [0, 0.1) is 6.57 Å². The summed E-state index contributed by atoms with van der Waals surface area (Å²) in [5.41, 5.74) is 4.13. The van der Waals surface area contributed by atoms with Crippen molar-refractivity contribution in [1.29, 1.82) is 0 Å². The molecule has 1 aromatic heterocycles. The fourth-order valence-electron chi connectivity index (χ4n) is 4.81. The number of amides is 1. The normalized spacial score (nSPS) is 12.8. The second-order valence-corrected chi connectivity index (χ2v) is 9.52. The minimum Gasteiger partial charge on any atom is -0.481 e. The molecule has 0 saturated heterocycles. The van der Waals surface area contributed by atoms with Gasteiger partial charge in [-0.15, -0.1) is 0 Å². The molecule has 7 heteroatoms. The Hall–Kier alpha value is -4.70. The van der Waals surface area contributed by atoms with Crippen LogP contribution in [0.3, 0.4) is 0 Å². The number of nitrogens with zero attached hydrogens (tertiary/aromatic N) is 4.